The van der Waals surface area contributed by atoms with E-state index in [0.717, 1.165) is 12.8 Å². The van der Waals surface area contributed by atoms with Gasteiger partial charge >= 0.3 is 12.1 Å². The summed E-state index contributed by atoms with van der Waals surface area (Å²) >= 11 is 1.49. The van der Waals surface area contributed by atoms with E-state index in [-0.39, 0.29) is 23.9 Å². The van der Waals surface area contributed by atoms with Crippen LogP contribution in [0.2, 0.25) is 0 Å². The van der Waals surface area contributed by atoms with Crippen molar-refractivity contribution in [1.29, 1.82) is 0 Å². The molecule has 0 bridgehead atoms. The number of hydrogen-bond acceptors (Lipinski definition) is 6. The molecule has 4 heterocycles. The lowest BCUT2D eigenvalue weighted by Crippen LogP contribution is -2.44. The highest BCUT2D eigenvalue weighted by molar-refractivity contribution is 7.08. The van der Waals surface area contributed by atoms with E-state index >= 15 is 0 Å². The summed E-state index contributed by atoms with van der Waals surface area (Å²) in [6, 6.07) is 4.61. The second-order valence-electron chi connectivity index (χ2n) is 6.76. The van der Waals surface area contributed by atoms with Gasteiger partial charge in [-0.05, 0) is 36.4 Å². The van der Waals surface area contributed by atoms with Crippen molar-refractivity contribution in [2.45, 2.75) is 37.3 Å². The highest BCUT2D eigenvalue weighted by Crippen LogP contribution is 2.33. The Kier molecular flexibility index (Phi) is 7.11. The van der Waals surface area contributed by atoms with Crippen LogP contribution in [0.3, 0.4) is 0 Å². The molecule has 2 fully saturated rings. The van der Waals surface area contributed by atoms with Gasteiger partial charge in [-0.1, -0.05) is 0 Å². The third kappa shape index (κ3) is 5.50. The summed E-state index contributed by atoms with van der Waals surface area (Å²) in [5.74, 6) is -3.33. The van der Waals surface area contributed by atoms with Crippen LogP contribution in [0, 0.1) is 5.82 Å². The van der Waals surface area contributed by atoms with Gasteiger partial charge in [0.05, 0.1) is 18.2 Å². The number of fused-ring (bicyclic) bond motifs is 1. The number of ether oxygens (including phenoxy) is 2. The molecule has 1 amide bonds. The van der Waals surface area contributed by atoms with Gasteiger partial charge in [-0.2, -0.15) is 24.5 Å². The predicted molar refractivity (Wildman–Crippen MR) is 100 cm³/mol. The fraction of sp³-hybridized carbons (Fsp3) is 0.421. The minimum Gasteiger partial charge on any atom is -0.475 e. The number of carbonyl (C=O) groups excluding carboxylic acids is 1. The molecule has 2 aliphatic rings. The van der Waals surface area contributed by atoms with E-state index in [1.54, 1.807) is 4.90 Å². The number of carbonyl (C=O) groups is 2. The Morgan fingerprint density at radius 2 is 2.06 bits per heavy atom. The molecule has 2 aliphatic heterocycles. The van der Waals surface area contributed by atoms with Crippen LogP contribution in [0.4, 0.5) is 17.6 Å². The van der Waals surface area contributed by atoms with Gasteiger partial charge in [0.25, 0.3) is 11.8 Å². The zero-order chi connectivity index (χ0) is 22.6. The molecule has 0 unspecified atom stereocenters. The number of pyridine rings is 1. The number of aromatic nitrogens is 1. The molecule has 31 heavy (non-hydrogen) atoms. The number of amides is 1. The highest BCUT2D eigenvalue weighted by Gasteiger charge is 2.48. The molecule has 0 spiro atoms. The molecule has 1 N–H and O–H groups in total. The third-order valence-corrected chi connectivity index (χ3v) is 5.42. The van der Waals surface area contributed by atoms with Gasteiger partial charge < -0.3 is 19.5 Å². The first-order valence-corrected chi connectivity index (χ1v) is 10.1. The molecule has 0 aromatic carbocycles. The third-order valence-electron chi connectivity index (χ3n) is 4.74. The van der Waals surface area contributed by atoms with E-state index in [9.17, 15) is 22.4 Å². The number of rotatable bonds is 3. The summed E-state index contributed by atoms with van der Waals surface area (Å²) in [7, 11) is 0. The van der Waals surface area contributed by atoms with Crippen LogP contribution in [0.5, 0.6) is 5.88 Å². The lowest BCUT2D eigenvalue weighted by molar-refractivity contribution is -0.192. The first-order valence-electron chi connectivity index (χ1n) is 9.20. The number of nitrogens with zero attached hydrogens (tertiary/aromatic N) is 2. The number of hydrogen-bond donors (Lipinski definition) is 1. The number of aliphatic carboxylic acids is 1. The molecular weight excluding hydrogens is 444 g/mol. The van der Waals surface area contributed by atoms with Gasteiger partial charge in [-0.3, -0.25) is 4.79 Å². The maximum absolute atomic E-state index is 13.8. The van der Waals surface area contributed by atoms with Gasteiger partial charge in [0.2, 0.25) is 0 Å². The fourth-order valence-electron chi connectivity index (χ4n) is 3.40. The summed E-state index contributed by atoms with van der Waals surface area (Å²) in [4.78, 5) is 27.4. The van der Waals surface area contributed by atoms with Crippen molar-refractivity contribution in [3.05, 3.63) is 46.5 Å². The molecule has 2 aromatic heterocycles. The van der Waals surface area contributed by atoms with E-state index < -0.39 is 24.1 Å². The van der Waals surface area contributed by atoms with Gasteiger partial charge in [0.1, 0.15) is 12.2 Å². The Hall–Kier alpha value is -2.73. The van der Waals surface area contributed by atoms with Crippen LogP contribution in [-0.4, -0.2) is 64.4 Å². The van der Waals surface area contributed by atoms with Crippen LogP contribution in [0.15, 0.2) is 35.2 Å². The van der Waals surface area contributed by atoms with E-state index in [1.807, 2.05) is 16.8 Å². The minimum absolute atomic E-state index is 0.0238. The van der Waals surface area contributed by atoms with Crippen molar-refractivity contribution >= 4 is 23.2 Å². The van der Waals surface area contributed by atoms with Crippen molar-refractivity contribution in [1.82, 2.24) is 9.88 Å². The minimum atomic E-state index is -5.08. The Morgan fingerprint density at radius 1 is 1.32 bits per heavy atom. The standard InChI is InChI=1S/C17H17FN2O3S.C2HF3O2/c18-12-3-1-6-19-16(12)23-14-9-20(13-4-2-7-22-15(13)14)17(21)11-5-8-24-10-11;3-2(4,5)1(6)7/h1,3,5-6,8,10,13-15H,2,4,7,9H2;(H,6,7)/t13-,14+,15+;/m1./s1. The van der Waals surface area contributed by atoms with Gasteiger partial charge in [0, 0.05) is 18.2 Å². The number of thiophene rings is 1. The van der Waals surface area contributed by atoms with Crippen molar-refractivity contribution in [3.8, 4) is 5.88 Å². The summed E-state index contributed by atoms with van der Waals surface area (Å²) in [5.41, 5.74) is 0.675. The first kappa shape index (κ1) is 22.9. The average Bonchev–Trinajstić information content (AvgIpc) is 3.38. The molecule has 7 nitrogen and oxygen atoms in total. The lowest BCUT2D eigenvalue weighted by Gasteiger charge is -2.31. The van der Waals surface area contributed by atoms with Crippen LogP contribution < -0.4 is 4.74 Å². The number of alkyl halides is 3. The molecule has 0 radical (unpaired) electrons. The van der Waals surface area contributed by atoms with Gasteiger partial charge in [-0.15, -0.1) is 0 Å². The molecule has 2 aromatic rings. The van der Waals surface area contributed by atoms with Crippen LogP contribution >= 0.6 is 11.3 Å². The first-order chi connectivity index (χ1) is 14.7. The second kappa shape index (κ2) is 9.60. The van der Waals surface area contributed by atoms with Crippen molar-refractivity contribution in [2.75, 3.05) is 13.2 Å². The van der Waals surface area contributed by atoms with E-state index in [1.165, 1.54) is 29.7 Å². The summed E-state index contributed by atoms with van der Waals surface area (Å²) in [5, 5.41) is 10.9. The Bertz CT molecular complexity index is 909. The fourth-order valence-corrected chi connectivity index (χ4v) is 4.03. The number of halogens is 4. The maximum atomic E-state index is 13.8. The zero-order valence-electron chi connectivity index (χ0n) is 15.9. The highest BCUT2D eigenvalue weighted by atomic mass is 32.1. The van der Waals surface area contributed by atoms with Crippen molar-refractivity contribution < 1.29 is 41.7 Å². The topological polar surface area (TPSA) is 89.0 Å². The average molecular weight is 462 g/mol. The van der Waals surface area contributed by atoms with Gasteiger partial charge in [0.15, 0.2) is 5.82 Å². The van der Waals surface area contributed by atoms with Crippen LogP contribution in [0.25, 0.3) is 0 Å². The van der Waals surface area contributed by atoms with Gasteiger partial charge in [-0.25, -0.2) is 14.2 Å². The monoisotopic (exact) mass is 462 g/mol. The van der Waals surface area contributed by atoms with Crippen LogP contribution in [-0.2, 0) is 9.53 Å². The molecular formula is C19H18F4N2O5S. The maximum Gasteiger partial charge on any atom is 0.490 e. The lowest BCUT2D eigenvalue weighted by atomic mass is 10.0. The summed E-state index contributed by atoms with van der Waals surface area (Å²) in [6.07, 6.45) is -2.49. The molecule has 0 saturated carbocycles. The number of carboxylic acids is 1. The molecule has 4 rings (SSSR count). The summed E-state index contributed by atoms with van der Waals surface area (Å²) < 4.78 is 57.2. The Labute approximate surface area is 178 Å². The van der Waals surface area contributed by atoms with E-state index in [4.69, 9.17) is 19.4 Å². The largest absolute Gasteiger partial charge is 0.490 e. The molecule has 168 valence electrons. The molecule has 12 heteroatoms. The number of likely N-dealkylation sites (tertiary alicyclic amines) is 1. The summed E-state index contributed by atoms with van der Waals surface area (Å²) in [6.45, 7) is 1.01. The van der Waals surface area contributed by atoms with Crippen molar-refractivity contribution in [3.63, 3.8) is 0 Å². The van der Waals surface area contributed by atoms with E-state index in [0.29, 0.717) is 18.7 Å². The van der Waals surface area contributed by atoms with Crippen LogP contribution in [0.1, 0.15) is 23.2 Å². The zero-order valence-corrected chi connectivity index (χ0v) is 16.7. The number of carboxylic acid groups (broad SMARTS) is 1. The Balaban J connectivity index is 0.000000339. The predicted octanol–water partition coefficient (Wildman–Crippen LogP) is 3.37. The normalized spacial score (nSPS) is 22.8. The molecule has 0 aliphatic carbocycles. The molecule has 3 atom stereocenters. The van der Waals surface area contributed by atoms with E-state index in [2.05, 4.69) is 4.98 Å². The Morgan fingerprint density at radius 3 is 2.68 bits per heavy atom. The smallest absolute Gasteiger partial charge is 0.475 e. The second-order valence-corrected chi connectivity index (χ2v) is 7.54. The SMILES string of the molecule is O=C(O)C(F)(F)F.O=C(c1ccsc1)N1C[C@H](Oc2ncccc2F)[C@H]2OCCC[C@H]21. The molecule has 2 saturated heterocycles. The van der Waals surface area contributed by atoms with Crippen molar-refractivity contribution in [2.24, 2.45) is 0 Å². The quantitative estimate of drug-likeness (QED) is 0.704.